The zero-order chi connectivity index (χ0) is 39.7. The van der Waals surface area contributed by atoms with E-state index in [4.69, 9.17) is 14.7 Å². The van der Waals surface area contributed by atoms with Crippen LogP contribution in [0.4, 0.5) is 0 Å². The topological polar surface area (TPSA) is 34.0 Å². The maximum absolute atomic E-state index is 6.94. The van der Waals surface area contributed by atoms with E-state index in [1.54, 1.807) is 0 Å². The molecule has 3 nitrogen and oxygen atoms in total. The maximum Gasteiger partial charge on any atom is 0.155 e. The van der Waals surface area contributed by atoms with E-state index in [-0.39, 0.29) is 12.1 Å². The molecule has 2 atom stereocenters. The van der Waals surface area contributed by atoms with E-state index < -0.39 is 0 Å². The van der Waals surface area contributed by atoms with Crippen LogP contribution >= 0.6 is 11.3 Å². The number of benzene rings is 7. The molecule has 7 aromatic carbocycles. The second kappa shape index (κ2) is 16.0. The van der Waals surface area contributed by atoms with Crippen LogP contribution in [0.1, 0.15) is 55.4 Å². The number of nitrogens with zero attached hydrogens (tertiary/aromatic N) is 2. The van der Waals surface area contributed by atoms with E-state index in [2.05, 4.69) is 190 Å². The summed E-state index contributed by atoms with van der Waals surface area (Å²) in [5.74, 6) is 1.69. The normalized spacial score (nSPS) is 15.8. The monoisotopic (exact) mass is 780 g/mol. The quantitative estimate of drug-likeness (QED) is 0.106. The van der Waals surface area contributed by atoms with Gasteiger partial charge in [-0.1, -0.05) is 177 Å². The van der Waals surface area contributed by atoms with Gasteiger partial charge in [0.15, 0.2) is 5.84 Å². The number of rotatable bonds is 9. The Morgan fingerprint density at radius 1 is 0.644 bits per heavy atom. The van der Waals surface area contributed by atoms with Crippen LogP contribution in [-0.2, 0) is 0 Å². The lowest BCUT2D eigenvalue weighted by atomic mass is 9.78. The lowest BCUT2D eigenvalue weighted by molar-refractivity contribution is 0.272. The molecule has 0 fully saturated rings. The molecule has 2 unspecified atom stereocenters. The minimum atomic E-state index is -0.135. The van der Waals surface area contributed by atoms with Crippen LogP contribution in [0.3, 0.4) is 0 Å². The van der Waals surface area contributed by atoms with E-state index >= 15 is 0 Å². The van der Waals surface area contributed by atoms with Gasteiger partial charge in [0, 0.05) is 49.0 Å². The Bertz CT molecular complexity index is 2940. The van der Waals surface area contributed by atoms with Crippen molar-refractivity contribution in [3.05, 3.63) is 210 Å². The number of amidine groups is 1. The van der Waals surface area contributed by atoms with Crippen molar-refractivity contribution in [3.8, 4) is 28.0 Å². The highest BCUT2D eigenvalue weighted by molar-refractivity contribution is 7.25. The van der Waals surface area contributed by atoms with Gasteiger partial charge in [0.2, 0.25) is 0 Å². The zero-order valence-electron chi connectivity index (χ0n) is 33.3. The number of allylic oxidation sites excluding steroid dienone is 2. The summed E-state index contributed by atoms with van der Waals surface area (Å²) in [6, 6.07) is 62.5. The van der Waals surface area contributed by atoms with Gasteiger partial charge in [-0.2, -0.15) is 0 Å². The Balaban J connectivity index is 1.19. The summed E-state index contributed by atoms with van der Waals surface area (Å²) >= 11 is 1.87. The van der Waals surface area contributed by atoms with Gasteiger partial charge in [-0.15, -0.1) is 11.3 Å². The van der Waals surface area contributed by atoms with Crippen LogP contribution in [0.2, 0.25) is 0 Å². The molecule has 2 heterocycles. The molecule has 0 saturated heterocycles. The lowest BCUT2D eigenvalue weighted by Gasteiger charge is -2.28. The molecule has 0 N–H and O–H groups in total. The molecular weight excluding hydrogens is 737 g/mol. The summed E-state index contributed by atoms with van der Waals surface area (Å²) in [5, 5.41) is 2.58. The van der Waals surface area contributed by atoms with Gasteiger partial charge < -0.3 is 4.74 Å². The number of para-hydroxylation sites is 1. The van der Waals surface area contributed by atoms with Gasteiger partial charge in [-0.25, -0.2) is 4.99 Å². The van der Waals surface area contributed by atoms with Crippen molar-refractivity contribution in [2.75, 3.05) is 0 Å². The Kier molecular flexibility index (Phi) is 9.93. The molecule has 0 amide bonds. The average Bonchev–Trinajstić information content (AvgIpc) is 3.87. The fraction of sp³-hybridized carbons (Fsp3) is 0.127. The Morgan fingerprint density at radius 2 is 1.31 bits per heavy atom. The van der Waals surface area contributed by atoms with Crippen molar-refractivity contribution in [3.63, 3.8) is 0 Å². The highest BCUT2D eigenvalue weighted by Gasteiger charge is 2.37. The van der Waals surface area contributed by atoms with Crippen LogP contribution in [0.25, 0.3) is 53.6 Å². The first kappa shape index (κ1) is 36.7. The summed E-state index contributed by atoms with van der Waals surface area (Å²) in [7, 11) is 0. The largest absolute Gasteiger partial charge is 0.485 e. The summed E-state index contributed by atoms with van der Waals surface area (Å²) < 4.78 is 9.52. The first-order valence-electron chi connectivity index (χ1n) is 20.7. The highest BCUT2D eigenvalue weighted by atomic mass is 32.1. The van der Waals surface area contributed by atoms with Gasteiger partial charge in [0.05, 0.1) is 6.04 Å². The molecule has 1 aromatic heterocycles. The zero-order valence-corrected chi connectivity index (χ0v) is 34.1. The summed E-state index contributed by atoms with van der Waals surface area (Å²) in [6.45, 7) is 4.35. The van der Waals surface area contributed by atoms with Crippen molar-refractivity contribution < 1.29 is 4.74 Å². The van der Waals surface area contributed by atoms with Crippen molar-refractivity contribution in [1.29, 1.82) is 0 Å². The molecule has 4 heteroatoms. The molecule has 59 heavy (non-hydrogen) atoms. The van der Waals surface area contributed by atoms with E-state index in [0.717, 1.165) is 47.7 Å². The Hall–Kier alpha value is -6.62. The van der Waals surface area contributed by atoms with Crippen molar-refractivity contribution >= 4 is 54.2 Å². The van der Waals surface area contributed by atoms with Crippen molar-refractivity contribution in [2.24, 2.45) is 9.98 Å². The van der Waals surface area contributed by atoms with Gasteiger partial charge in [-0.3, -0.25) is 4.99 Å². The third-order valence-electron chi connectivity index (χ3n) is 11.7. The number of thiophene rings is 1. The molecule has 0 radical (unpaired) electrons. The number of ether oxygens (including phenoxy) is 1. The highest BCUT2D eigenvalue weighted by Crippen LogP contribution is 2.52. The van der Waals surface area contributed by atoms with Crippen LogP contribution in [0.5, 0.6) is 5.75 Å². The second-order valence-electron chi connectivity index (χ2n) is 15.4. The van der Waals surface area contributed by atoms with E-state index in [9.17, 15) is 0 Å². The molecule has 0 spiro atoms. The fourth-order valence-electron chi connectivity index (χ4n) is 8.84. The van der Waals surface area contributed by atoms with Gasteiger partial charge in [0.1, 0.15) is 11.9 Å². The van der Waals surface area contributed by atoms with Crippen molar-refractivity contribution in [2.45, 2.75) is 45.3 Å². The number of hydrogen-bond acceptors (Lipinski definition) is 3. The predicted octanol–water partition coefficient (Wildman–Crippen LogP) is 14.5. The molecule has 286 valence electrons. The minimum Gasteiger partial charge on any atom is -0.485 e. The molecule has 1 aliphatic heterocycles. The third-order valence-corrected chi connectivity index (χ3v) is 12.8. The van der Waals surface area contributed by atoms with E-state index in [0.29, 0.717) is 0 Å². The fourth-order valence-corrected chi connectivity index (χ4v) is 9.95. The third kappa shape index (κ3) is 7.04. The summed E-state index contributed by atoms with van der Waals surface area (Å²) in [5.41, 5.74) is 14.0. The number of hydrogen-bond donors (Lipinski definition) is 0. The molecule has 1 aliphatic carbocycles. The maximum atomic E-state index is 6.94. The number of fused-ring (bicyclic) bond motifs is 6. The average molecular weight is 781 g/mol. The smallest absolute Gasteiger partial charge is 0.155 e. The molecule has 2 aliphatic rings. The molecule has 8 aromatic rings. The first-order chi connectivity index (χ1) is 29.1. The van der Waals surface area contributed by atoms with Gasteiger partial charge >= 0.3 is 0 Å². The summed E-state index contributed by atoms with van der Waals surface area (Å²) in [6.07, 6.45) is 4.97. The van der Waals surface area contributed by atoms with Crippen molar-refractivity contribution in [1.82, 2.24) is 0 Å². The Morgan fingerprint density at radius 3 is 2.07 bits per heavy atom. The standard InChI is InChI=1S/C55H44N2OS/c1-3-17-47(57-55(56-36(2)37-18-7-4-8-19-37)41-30-28-39(29-31-41)38-20-9-5-10-21-38)42-34-46(52-44-24-13-15-26-48(44)58-49(52)35-42)53-43(40-22-11-6-12-23-40)32-33-51-54(53)45-25-14-16-27-50(45)59-51/h4-16,18-34,47,49H,3,17,35H2,1-2H3/b56-36+,57-55-. The lowest BCUT2D eigenvalue weighted by Crippen LogP contribution is -2.23. The molecule has 0 saturated carbocycles. The van der Waals surface area contributed by atoms with E-state index in [1.807, 2.05) is 17.4 Å². The van der Waals surface area contributed by atoms with Crippen LogP contribution in [-0.4, -0.2) is 23.7 Å². The van der Waals surface area contributed by atoms with Crippen LogP contribution < -0.4 is 4.74 Å². The Labute approximate surface area is 350 Å². The van der Waals surface area contributed by atoms with Crippen LogP contribution in [0.15, 0.2) is 198 Å². The molecule has 10 rings (SSSR count). The van der Waals surface area contributed by atoms with Gasteiger partial charge in [-0.05, 0) is 76.1 Å². The number of aliphatic imine (C=N–C) groups is 2. The predicted molar refractivity (Wildman–Crippen MR) is 251 cm³/mol. The second-order valence-corrected chi connectivity index (χ2v) is 16.5. The summed E-state index contributed by atoms with van der Waals surface area (Å²) in [4.78, 5) is 11.0. The molecule has 0 bridgehead atoms. The minimum absolute atomic E-state index is 0.112. The van der Waals surface area contributed by atoms with E-state index in [1.165, 1.54) is 70.3 Å². The SMILES string of the molecule is CCCC(/N=C(\N=C(/C)c1ccccc1)c1ccc(-c2ccccc2)cc1)C1=CC(c2c(-c3ccccc3)ccc3sc4ccccc4c23)=C2c3ccccc3OC2C1. The van der Waals surface area contributed by atoms with Crippen LogP contribution in [0, 0.1) is 0 Å². The molecular formula is C55H44N2OS. The van der Waals surface area contributed by atoms with Gasteiger partial charge in [0.25, 0.3) is 0 Å². The first-order valence-corrected chi connectivity index (χ1v) is 21.5.